The third-order valence-electron chi connectivity index (χ3n) is 3.23. The number of ether oxygens (including phenoxy) is 1. The molecular weight excluding hydrogens is 269 g/mol. The van der Waals surface area contributed by atoms with Gasteiger partial charge in [-0.1, -0.05) is 0 Å². The third kappa shape index (κ3) is 2.57. The molecule has 1 saturated heterocycles. The molecule has 1 fully saturated rings. The minimum Gasteiger partial charge on any atom is -0.497 e. The van der Waals surface area contributed by atoms with E-state index in [1.165, 1.54) is 19.2 Å². The number of methoxy groups -OCH3 is 1. The molecule has 1 aliphatic rings. The largest absolute Gasteiger partial charge is 0.497 e. The van der Waals surface area contributed by atoms with Gasteiger partial charge in [0.15, 0.2) is 0 Å². The number of amides is 1. The highest BCUT2D eigenvalue weighted by Gasteiger charge is 2.39. The quantitative estimate of drug-likeness (QED) is 0.843. The van der Waals surface area contributed by atoms with Crippen LogP contribution in [-0.4, -0.2) is 52.8 Å². The van der Waals surface area contributed by atoms with E-state index in [9.17, 15) is 19.1 Å². The second kappa shape index (κ2) is 5.46. The van der Waals surface area contributed by atoms with Crippen molar-refractivity contribution < 1.29 is 28.9 Å². The molecule has 1 amide bonds. The van der Waals surface area contributed by atoms with Crippen LogP contribution in [0.1, 0.15) is 16.8 Å². The van der Waals surface area contributed by atoms with Gasteiger partial charge in [-0.2, -0.15) is 0 Å². The fourth-order valence-corrected chi connectivity index (χ4v) is 2.22. The van der Waals surface area contributed by atoms with Crippen molar-refractivity contribution in [2.75, 3.05) is 13.7 Å². The van der Waals surface area contributed by atoms with Crippen molar-refractivity contribution in [2.45, 2.75) is 18.6 Å². The lowest BCUT2D eigenvalue weighted by Gasteiger charge is -2.21. The minimum absolute atomic E-state index is 0.0567. The number of aliphatic carboxylic acids is 1. The summed E-state index contributed by atoms with van der Waals surface area (Å²) in [5.41, 5.74) is -0.244. The molecule has 1 aromatic carbocycles. The Labute approximate surface area is 114 Å². The van der Waals surface area contributed by atoms with Crippen molar-refractivity contribution in [3.63, 3.8) is 0 Å². The van der Waals surface area contributed by atoms with Crippen LogP contribution in [0.4, 0.5) is 4.39 Å². The van der Waals surface area contributed by atoms with E-state index in [2.05, 4.69) is 0 Å². The molecule has 1 aromatic rings. The van der Waals surface area contributed by atoms with Crippen molar-refractivity contribution >= 4 is 11.9 Å². The van der Waals surface area contributed by atoms with Gasteiger partial charge in [0.05, 0.1) is 18.8 Å². The van der Waals surface area contributed by atoms with Crippen molar-refractivity contribution in [1.82, 2.24) is 4.90 Å². The Balaban J connectivity index is 2.29. The summed E-state index contributed by atoms with van der Waals surface area (Å²) in [5.74, 6) is -2.51. The van der Waals surface area contributed by atoms with Gasteiger partial charge in [0.2, 0.25) is 0 Å². The number of hydrogen-bond acceptors (Lipinski definition) is 4. The average Bonchev–Trinajstić information content (AvgIpc) is 2.80. The first-order chi connectivity index (χ1) is 9.43. The zero-order valence-electron chi connectivity index (χ0n) is 10.7. The van der Waals surface area contributed by atoms with E-state index in [-0.39, 0.29) is 24.3 Å². The van der Waals surface area contributed by atoms with Gasteiger partial charge >= 0.3 is 5.97 Å². The molecule has 1 heterocycles. The maximum Gasteiger partial charge on any atom is 0.326 e. The summed E-state index contributed by atoms with van der Waals surface area (Å²) < 4.78 is 18.7. The van der Waals surface area contributed by atoms with Crippen LogP contribution in [0.3, 0.4) is 0 Å². The highest BCUT2D eigenvalue weighted by atomic mass is 19.1. The summed E-state index contributed by atoms with van der Waals surface area (Å²) >= 11 is 0. The van der Waals surface area contributed by atoms with Crippen molar-refractivity contribution in [1.29, 1.82) is 0 Å². The molecule has 0 aromatic heterocycles. The highest BCUT2D eigenvalue weighted by molar-refractivity contribution is 5.97. The lowest BCUT2D eigenvalue weighted by atomic mass is 10.1. The molecule has 20 heavy (non-hydrogen) atoms. The van der Waals surface area contributed by atoms with Crippen LogP contribution in [0, 0.1) is 5.82 Å². The van der Waals surface area contributed by atoms with Gasteiger partial charge < -0.3 is 19.8 Å². The Bertz CT molecular complexity index is 548. The zero-order chi connectivity index (χ0) is 14.9. The number of carbonyl (C=O) groups excluding carboxylic acids is 1. The van der Waals surface area contributed by atoms with Gasteiger partial charge in [-0.15, -0.1) is 0 Å². The molecule has 2 atom stereocenters. The molecule has 2 rings (SSSR count). The summed E-state index contributed by atoms with van der Waals surface area (Å²) in [5, 5.41) is 18.5. The van der Waals surface area contributed by atoms with Gasteiger partial charge in [-0.3, -0.25) is 4.79 Å². The molecule has 0 aliphatic carbocycles. The summed E-state index contributed by atoms with van der Waals surface area (Å²) in [6.07, 6.45) is -0.972. The Hall–Kier alpha value is -2.15. The molecular formula is C13H14FNO5. The molecule has 0 spiro atoms. The Morgan fingerprint density at radius 3 is 2.70 bits per heavy atom. The topological polar surface area (TPSA) is 87.1 Å². The first kappa shape index (κ1) is 14.3. The number of halogens is 1. The predicted octanol–water partition coefficient (Wildman–Crippen LogP) is 0.494. The van der Waals surface area contributed by atoms with E-state index in [1.807, 2.05) is 0 Å². The predicted molar refractivity (Wildman–Crippen MR) is 66.0 cm³/mol. The second-order valence-electron chi connectivity index (χ2n) is 4.55. The number of β-amino-alcohol motifs (C(OH)–C–C–N with tert-alkyl or cyclic N) is 1. The summed E-state index contributed by atoms with van der Waals surface area (Å²) in [6.45, 7) is -0.124. The van der Waals surface area contributed by atoms with Crippen LogP contribution in [0.2, 0.25) is 0 Å². The number of carboxylic acid groups (broad SMARTS) is 1. The average molecular weight is 283 g/mol. The van der Waals surface area contributed by atoms with Gasteiger partial charge in [0, 0.05) is 19.0 Å². The molecule has 7 heteroatoms. The Morgan fingerprint density at radius 2 is 2.15 bits per heavy atom. The number of carboxylic acids is 1. The molecule has 6 nitrogen and oxygen atoms in total. The third-order valence-corrected chi connectivity index (χ3v) is 3.23. The van der Waals surface area contributed by atoms with Crippen molar-refractivity contribution in [3.8, 4) is 5.75 Å². The van der Waals surface area contributed by atoms with Gasteiger partial charge in [0.1, 0.15) is 17.6 Å². The van der Waals surface area contributed by atoms with Gasteiger partial charge in [-0.05, 0) is 12.1 Å². The fraction of sp³-hybridized carbons (Fsp3) is 0.385. The molecule has 108 valence electrons. The molecule has 1 aliphatic heterocycles. The number of carbonyl (C=O) groups is 2. The smallest absolute Gasteiger partial charge is 0.326 e. The van der Waals surface area contributed by atoms with Crippen LogP contribution >= 0.6 is 0 Å². The van der Waals surface area contributed by atoms with E-state index in [4.69, 9.17) is 9.84 Å². The van der Waals surface area contributed by atoms with Crippen LogP contribution in [-0.2, 0) is 4.79 Å². The monoisotopic (exact) mass is 283 g/mol. The number of benzene rings is 1. The maximum atomic E-state index is 13.8. The summed E-state index contributed by atoms with van der Waals surface area (Å²) in [4.78, 5) is 24.2. The zero-order valence-corrected chi connectivity index (χ0v) is 10.7. The fourth-order valence-electron chi connectivity index (χ4n) is 2.22. The number of likely N-dealkylation sites (tertiary alicyclic amines) is 1. The standard InChI is InChI=1S/C13H14FNO5/c1-20-8-2-3-9(10(14)5-8)12(17)15-6-7(16)4-11(15)13(18)19/h2-3,5,7,11,16H,4,6H2,1H3,(H,18,19)/t7-,11+/m1/s1. The molecule has 2 N–H and O–H groups in total. The number of nitrogens with zero attached hydrogens (tertiary/aromatic N) is 1. The second-order valence-corrected chi connectivity index (χ2v) is 4.55. The SMILES string of the molecule is COc1ccc(C(=O)N2C[C@H](O)C[C@H]2C(=O)O)c(F)c1. The van der Waals surface area contributed by atoms with E-state index in [0.717, 1.165) is 11.0 Å². The molecule has 0 unspecified atom stereocenters. The maximum absolute atomic E-state index is 13.8. The highest BCUT2D eigenvalue weighted by Crippen LogP contribution is 2.23. The molecule has 0 saturated carbocycles. The first-order valence-corrected chi connectivity index (χ1v) is 5.99. The first-order valence-electron chi connectivity index (χ1n) is 5.99. The van der Waals surface area contributed by atoms with E-state index in [0.29, 0.717) is 0 Å². The Morgan fingerprint density at radius 1 is 1.45 bits per heavy atom. The minimum atomic E-state index is -1.22. The lowest BCUT2D eigenvalue weighted by molar-refractivity contribution is -0.141. The van der Waals surface area contributed by atoms with Crippen molar-refractivity contribution in [2.24, 2.45) is 0 Å². The normalized spacial score (nSPS) is 21.9. The van der Waals surface area contributed by atoms with Gasteiger partial charge in [0.25, 0.3) is 5.91 Å². The van der Waals surface area contributed by atoms with E-state index >= 15 is 0 Å². The van der Waals surface area contributed by atoms with Gasteiger partial charge in [-0.25, -0.2) is 9.18 Å². The van der Waals surface area contributed by atoms with Crippen LogP contribution in [0.15, 0.2) is 18.2 Å². The number of aliphatic hydroxyl groups is 1. The van der Waals surface area contributed by atoms with E-state index in [1.54, 1.807) is 0 Å². The van der Waals surface area contributed by atoms with Crippen LogP contribution in [0.5, 0.6) is 5.75 Å². The molecule has 0 bridgehead atoms. The van der Waals surface area contributed by atoms with Crippen molar-refractivity contribution in [3.05, 3.63) is 29.6 Å². The number of aliphatic hydroxyl groups excluding tert-OH is 1. The lowest BCUT2D eigenvalue weighted by Crippen LogP contribution is -2.40. The summed E-state index contributed by atoms with van der Waals surface area (Å²) in [7, 11) is 1.37. The number of rotatable bonds is 3. The molecule has 0 radical (unpaired) electrons. The van der Waals surface area contributed by atoms with Crippen LogP contribution in [0.25, 0.3) is 0 Å². The Kier molecular flexibility index (Phi) is 3.89. The van der Waals surface area contributed by atoms with Crippen LogP contribution < -0.4 is 4.74 Å². The summed E-state index contributed by atoms with van der Waals surface area (Å²) in [6, 6.07) is 2.56. The number of hydrogen-bond donors (Lipinski definition) is 2. The van der Waals surface area contributed by atoms with E-state index < -0.39 is 29.8 Å².